The molecule has 0 spiro atoms. The highest BCUT2D eigenvalue weighted by Gasteiger charge is 2.18. The van der Waals surface area contributed by atoms with Crippen molar-refractivity contribution < 1.29 is 0 Å². The van der Waals surface area contributed by atoms with Crippen LogP contribution in [0, 0.1) is 13.8 Å². The molecule has 15 heavy (non-hydrogen) atoms. The summed E-state index contributed by atoms with van der Waals surface area (Å²) < 4.78 is 0. The average molecular weight is 200 g/mol. The summed E-state index contributed by atoms with van der Waals surface area (Å²) in [4.78, 5) is 2.13. The largest absolute Gasteiger partial charge is 0.345 e. The third-order valence-electron chi connectivity index (χ3n) is 2.80. The minimum absolute atomic E-state index is 0.807. The van der Waals surface area contributed by atoms with E-state index in [9.17, 15) is 0 Å². The van der Waals surface area contributed by atoms with Gasteiger partial charge in [-0.2, -0.15) is 0 Å². The lowest BCUT2D eigenvalue weighted by atomic mass is 10.1. The quantitative estimate of drug-likeness (QED) is 0.749. The second-order valence-electron chi connectivity index (χ2n) is 4.03. The Morgan fingerprint density at radius 3 is 2.47 bits per heavy atom. The Balaban J connectivity index is 2.34. The van der Waals surface area contributed by atoms with Gasteiger partial charge in [-0.3, -0.25) is 0 Å². The zero-order valence-corrected chi connectivity index (χ0v) is 9.30. The molecule has 0 aliphatic carbocycles. The molecule has 2 nitrogen and oxygen atoms in total. The highest BCUT2D eigenvalue weighted by Crippen LogP contribution is 2.24. The van der Waals surface area contributed by atoms with E-state index in [2.05, 4.69) is 55.4 Å². The zero-order chi connectivity index (χ0) is 11.0. The summed E-state index contributed by atoms with van der Waals surface area (Å²) in [5.41, 5.74) is 4.79. The van der Waals surface area contributed by atoms with Gasteiger partial charge in [0, 0.05) is 11.4 Å². The van der Waals surface area contributed by atoms with Crippen molar-refractivity contribution in [3.63, 3.8) is 0 Å². The standard InChI is InChI=1S/C13H16N2/c1-9-5-6-13(7-10(9)2)15-8-11(3)14-12(15)4/h5-7,14H,3-4,8H2,1-2H3. The molecule has 0 radical (unpaired) electrons. The lowest BCUT2D eigenvalue weighted by Crippen LogP contribution is -2.17. The van der Waals surface area contributed by atoms with Gasteiger partial charge in [-0.25, -0.2) is 0 Å². The summed E-state index contributed by atoms with van der Waals surface area (Å²) in [6.45, 7) is 12.9. The monoisotopic (exact) mass is 200 g/mol. The Bertz CT molecular complexity index is 432. The van der Waals surface area contributed by atoms with Crippen LogP contribution in [0.3, 0.4) is 0 Å². The van der Waals surface area contributed by atoms with E-state index in [1.165, 1.54) is 16.8 Å². The fourth-order valence-electron chi connectivity index (χ4n) is 1.74. The van der Waals surface area contributed by atoms with Crippen molar-refractivity contribution in [2.24, 2.45) is 0 Å². The van der Waals surface area contributed by atoms with E-state index in [0.717, 1.165) is 18.1 Å². The van der Waals surface area contributed by atoms with Gasteiger partial charge >= 0.3 is 0 Å². The van der Waals surface area contributed by atoms with Gasteiger partial charge in [0.2, 0.25) is 0 Å². The molecule has 1 N–H and O–H groups in total. The van der Waals surface area contributed by atoms with Crippen molar-refractivity contribution in [3.05, 3.63) is 54.0 Å². The minimum Gasteiger partial charge on any atom is -0.345 e. The predicted octanol–water partition coefficient (Wildman–Crippen LogP) is 2.70. The van der Waals surface area contributed by atoms with Gasteiger partial charge in [0.25, 0.3) is 0 Å². The Morgan fingerprint density at radius 1 is 1.20 bits per heavy atom. The Hall–Kier alpha value is -1.70. The highest BCUT2D eigenvalue weighted by atomic mass is 15.3. The number of nitrogens with zero attached hydrogens (tertiary/aromatic N) is 1. The van der Waals surface area contributed by atoms with E-state index in [0.29, 0.717) is 0 Å². The molecule has 1 aromatic rings. The summed E-state index contributed by atoms with van der Waals surface area (Å²) in [6, 6.07) is 6.44. The molecular formula is C13H16N2. The number of nitrogens with one attached hydrogen (secondary N) is 1. The topological polar surface area (TPSA) is 15.3 Å². The maximum Gasteiger partial charge on any atom is 0.103 e. The van der Waals surface area contributed by atoms with Crippen LogP contribution in [-0.2, 0) is 0 Å². The maximum absolute atomic E-state index is 3.97. The smallest absolute Gasteiger partial charge is 0.103 e. The van der Waals surface area contributed by atoms with Crippen LogP contribution in [0.2, 0.25) is 0 Å². The summed E-state index contributed by atoms with van der Waals surface area (Å²) in [5, 5.41) is 3.14. The molecule has 1 aromatic carbocycles. The van der Waals surface area contributed by atoms with E-state index in [1.54, 1.807) is 0 Å². The number of rotatable bonds is 1. The van der Waals surface area contributed by atoms with Crippen LogP contribution in [0.15, 0.2) is 42.9 Å². The normalized spacial score (nSPS) is 15.7. The number of hydrogen-bond donors (Lipinski definition) is 1. The fourth-order valence-corrected chi connectivity index (χ4v) is 1.74. The second kappa shape index (κ2) is 3.46. The van der Waals surface area contributed by atoms with Crippen LogP contribution in [0.5, 0.6) is 0 Å². The van der Waals surface area contributed by atoms with E-state index in [1.807, 2.05) is 0 Å². The number of anilines is 1. The van der Waals surface area contributed by atoms with Crippen LogP contribution < -0.4 is 10.2 Å². The molecule has 1 aliphatic rings. The maximum atomic E-state index is 3.97. The van der Waals surface area contributed by atoms with Crippen molar-refractivity contribution in [1.82, 2.24) is 5.32 Å². The van der Waals surface area contributed by atoms with Crippen LogP contribution >= 0.6 is 0 Å². The summed E-state index contributed by atoms with van der Waals surface area (Å²) in [6.07, 6.45) is 0. The Kier molecular flexibility index (Phi) is 2.27. The zero-order valence-electron chi connectivity index (χ0n) is 9.30. The first-order chi connectivity index (χ1) is 7.08. The van der Waals surface area contributed by atoms with Gasteiger partial charge in [-0.1, -0.05) is 19.2 Å². The molecule has 0 aromatic heterocycles. The van der Waals surface area contributed by atoms with Crippen LogP contribution in [0.4, 0.5) is 5.69 Å². The molecule has 2 rings (SSSR count). The first-order valence-corrected chi connectivity index (χ1v) is 5.06. The highest BCUT2D eigenvalue weighted by molar-refractivity contribution is 5.57. The van der Waals surface area contributed by atoms with Crippen molar-refractivity contribution in [2.45, 2.75) is 13.8 Å². The van der Waals surface area contributed by atoms with Gasteiger partial charge in [-0.05, 0) is 37.1 Å². The Labute approximate surface area is 90.9 Å². The van der Waals surface area contributed by atoms with E-state index >= 15 is 0 Å². The first-order valence-electron chi connectivity index (χ1n) is 5.06. The molecule has 1 aliphatic heterocycles. The molecule has 0 bridgehead atoms. The SMILES string of the molecule is C=C1CN(c2ccc(C)c(C)c2)C(=C)N1. The summed E-state index contributed by atoms with van der Waals surface area (Å²) in [5.74, 6) is 0.906. The molecule has 2 heteroatoms. The summed E-state index contributed by atoms with van der Waals surface area (Å²) in [7, 11) is 0. The molecule has 0 amide bonds. The molecule has 1 fully saturated rings. The van der Waals surface area contributed by atoms with E-state index < -0.39 is 0 Å². The number of aryl methyl sites for hydroxylation is 2. The van der Waals surface area contributed by atoms with Gasteiger partial charge < -0.3 is 10.2 Å². The van der Waals surface area contributed by atoms with Crippen molar-refractivity contribution in [2.75, 3.05) is 11.4 Å². The lowest BCUT2D eigenvalue weighted by Gasteiger charge is -2.18. The van der Waals surface area contributed by atoms with E-state index in [-0.39, 0.29) is 0 Å². The third kappa shape index (κ3) is 1.75. The summed E-state index contributed by atoms with van der Waals surface area (Å²) >= 11 is 0. The molecule has 1 heterocycles. The lowest BCUT2D eigenvalue weighted by molar-refractivity contribution is 1.05. The molecule has 0 atom stereocenters. The van der Waals surface area contributed by atoms with Crippen LogP contribution in [0.1, 0.15) is 11.1 Å². The fraction of sp³-hybridized carbons (Fsp3) is 0.231. The molecule has 0 unspecified atom stereocenters. The van der Waals surface area contributed by atoms with Gasteiger partial charge in [0.15, 0.2) is 0 Å². The Morgan fingerprint density at radius 2 is 1.93 bits per heavy atom. The first kappa shape index (κ1) is 9.84. The van der Waals surface area contributed by atoms with Gasteiger partial charge in [0.1, 0.15) is 5.82 Å². The molecule has 78 valence electrons. The van der Waals surface area contributed by atoms with Crippen molar-refractivity contribution in [3.8, 4) is 0 Å². The molecule has 0 saturated carbocycles. The average Bonchev–Trinajstić information content (AvgIpc) is 2.50. The number of benzene rings is 1. The number of hydrogen-bond acceptors (Lipinski definition) is 2. The van der Waals surface area contributed by atoms with Crippen molar-refractivity contribution >= 4 is 5.69 Å². The van der Waals surface area contributed by atoms with Gasteiger partial charge in [-0.15, -0.1) is 0 Å². The third-order valence-corrected chi connectivity index (χ3v) is 2.80. The van der Waals surface area contributed by atoms with Crippen LogP contribution in [0.25, 0.3) is 0 Å². The van der Waals surface area contributed by atoms with Crippen molar-refractivity contribution in [1.29, 1.82) is 0 Å². The van der Waals surface area contributed by atoms with E-state index in [4.69, 9.17) is 0 Å². The predicted molar refractivity (Wildman–Crippen MR) is 64.7 cm³/mol. The molecule has 1 saturated heterocycles. The second-order valence-corrected chi connectivity index (χ2v) is 4.03. The minimum atomic E-state index is 0.807. The van der Waals surface area contributed by atoms with Gasteiger partial charge in [0.05, 0.1) is 6.54 Å². The molecular weight excluding hydrogens is 184 g/mol. The van der Waals surface area contributed by atoms with Crippen LogP contribution in [-0.4, -0.2) is 6.54 Å².